The monoisotopic (exact) mass is 405 g/mol. The number of nitrogens with zero attached hydrogens (tertiary/aromatic N) is 2. The predicted octanol–water partition coefficient (Wildman–Crippen LogP) is 2.89. The van der Waals surface area contributed by atoms with Gasteiger partial charge in [0.2, 0.25) is 5.91 Å². The van der Waals surface area contributed by atoms with Crippen LogP contribution in [0.15, 0.2) is 24.3 Å². The Kier molecular flexibility index (Phi) is 7.90. The summed E-state index contributed by atoms with van der Waals surface area (Å²) in [4.78, 5) is 28.5. The van der Waals surface area contributed by atoms with Crippen molar-refractivity contribution in [2.24, 2.45) is 5.92 Å². The Bertz CT molecular complexity index is 702. The molecule has 0 unspecified atom stereocenters. The van der Waals surface area contributed by atoms with Crippen molar-refractivity contribution in [3.05, 3.63) is 29.8 Å². The molecule has 2 rings (SSSR count). The summed E-state index contributed by atoms with van der Waals surface area (Å²) in [6.45, 7) is 10.1. The van der Waals surface area contributed by atoms with Crippen LogP contribution in [-0.4, -0.2) is 67.2 Å². The Morgan fingerprint density at radius 3 is 2.66 bits per heavy atom. The molecule has 0 aliphatic carbocycles. The lowest BCUT2D eigenvalue weighted by atomic mass is 10.0. The molecule has 29 heavy (non-hydrogen) atoms. The van der Waals surface area contributed by atoms with Gasteiger partial charge in [0.05, 0.1) is 13.7 Å². The second kappa shape index (κ2) is 9.96. The third kappa shape index (κ3) is 7.24. The maximum Gasteiger partial charge on any atom is 0.407 e. The van der Waals surface area contributed by atoms with Gasteiger partial charge >= 0.3 is 6.09 Å². The lowest BCUT2D eigenvalue weighted by Gasteiger charge is -2.25. The lowest BCUT2D eigenvalue weighted by Crippen LogP contribution is -2.43. The fourth-order valence-corrected chi connectivity index (χ4v) is 3.51. The van der Waals surface area contributed by atoms with Gasteiger partial charge in [-0.3, -0.25) is 9.69 Å². The number of nitrogens with one attached hydrogen (secondary N) is 1. The molecule has 2 amide bonds. The van der Waals surface area contributed by atoms with Crippen molar-refractivity contribution < 1.29 is 19.1 Å². The Morgan fingerprint density at radius 1 is 1.31 bits per heavy atom. The van der Waals surface area contributed by atoms with Gasteiger partial charge in [-0.2, -0.15) is 0 Å². The van der Waals surface area contributed by atoms with Crippen molar-refractivity contribution >= 4 is 12.0 Å². The highest BCUT2D eigenvalue weighted by molar-refractivity contribution is 5.78. The molecule has 0 saturated carbocycles. The van der Waals surface area contributed by atoms with Gasteiger partial charge in [-0.15, -0.1) is 0 Å². The van der Waals surface area contributed by atoms with E-state index in [1.54, 1.807) is 12.0 Å². The first-order valence-electron chi connectivity index (χ1n) is 10.2. The summed E-state index contributed by atoms with van der Waals surface area (Å²) >= 11 is 0. The molecule has 1 heterocycles. The van der Waals surface area contributed by atoms with Crippen LogP contribution in [0.2, 0.25) is 0 Å². The second-order valence-corrected chi connectivity index (χ2v) is 8.78. The number of methoxy groups -OCH3 is 1. The minimum Gasteiger partial charge on any atom is -0.496 e. The minimum atomic E-state index is -0.510. The van der Waals surface area contributed by atoms with E-state index >= 15 is 0 Å². The number of alkyl carbamates (subject to hydrolysis) is 1. The van der Waals surface area contributed by atoms with E-state index in [0.717, 1.165) is 30.8 Å². The molecule has 0 radical (unpaired) electrons. The Hall–Kier alpha value is -2.28. The van der Waals surface area contributed by atoms with Crippen molar-refractivity contribution in [2.45, 2.75) is 52.3 Å². The first-order valence-corrected chi connectivity index (χ1v) is 10.2. The van der Waals surface area contributed by atoms with E-state index in [4.69, 9.17) is 9.47 Å². The van der Waals surface area contributed by atoms with Crippen molar-refractivity contribution in [1.82, 2.24) is 15.1 Å². The number of carbonyl (C=O) groups is 2. The lowest BCUT2D eigenvalue weighted by molar-refractivity contribution is -0.131. The molecule has 1 aromatic rings. The smallest absolute Gasteiger partial charge is 0.407 e. The van der Waals surface area contributed by atoms with Gasteiger partial charge in [0.1, 0.15) is 11.4 Å². The molecule has 1 N–H and O–H groups in total. The highest BCUT2D eigenvalue weighted by Gasteiger charge is 2.30. The fourth-order valence-electron chi connectivity index (χ4n) is 3.51. The van der Waals surface area contributed by atoms with Gasteiger partial charge in [0.25, 0.3) is 0 Å². The first-order chi connectivity index (χ1) is 13.6. The van der Waals surface area contributed by atoms with Crippen LogP contribution < -0.4 is 10.1 Å². The van der Waals surface area contributed by atoms with Gasteiger partial charge in [0.15, 0.2) is 0 Å². The highest BCUT2D eigenvalue weighted by atomic mass is 16.6. The fraction of sp³-hybridized carbons (Fsp3) is 0.636. The molecule has 1 fully saturated rings. The molecule has 1 aliphatic rings. The number of amides is 2. The quantitative estimate of drug-likeness (QED) is 0.755. The van der Waals surface area contributed by atoms with Crippen molar-refractivity contribution in [2.75, 3.05) is 33.8 Å². The number of likely N-dealkylation sites (tertiary alicyclic amines) is 1. The molecule has 0 spiro atoms. The molecule has 1 aromatic carbocycles. The average molecular weight is 406 g/mol. The minimum absolute atomic E-state index is 0.00346. The summed E-state index contributed by atoms with van der Waals surface area (Å²) in [7, 11) is 3.45. The topological polar surface area (TPSA) is 71.1 Å². The van der Waals surface area contributed by atoms with Crippen LogP contribution in [0, 0.1) is 5.92 Å². The molecule has 0 aromatic heterocycles. The van der Waals surface area contributed by atoms with E-state index in [9.17, 15) is 9.59 Å². The zero-order chi connectivity index (χ0) is 21.6. The van der Waals surface area contributed by atoms with Crippen LogP contribution in [-0.2, 0) is 16.1 Å². The molecule has 1 saturated heterocycles. The molecule has 162 valence electrons. The summed E-state index contributed by atoms with van der Waals surface area (Å²) in [5.41, 5.74) is 0.476. The summed E-state index contributed by atoms with van der Waals surface area (Å²) in [6.07, 6.45) is 0.552. The van der Waals surface area contributed by atoms with Crippen LogP contribution >= 0.6 is 0 Å². The number of hydrogen-bond acceptors (Lipinski definition) is 5. The number of benzene rings is 1. The largest absolute Gasteiger partial charge is 0.496 e. The summed E-state index contributed by atoms with van der Waals surface area (Å²) in [5, 5.41) is 2.92. The van der Waals surface area contributed by atoms with Crippen LogP contribution in [0.25, 0.3) is 0 Å². The summed E-state index contributed by atoms with van der Waals surface area (Å²) < 4.78 is 10.7. The number of hydrogen-bond donors (Lipinski definition) is 1. The molecular weight excluding hydrogens is 370 g/mol. The third-order valence-electron chi connectivity index (χ3n) is 5.14. The van der Waals surface area contributed by atoms with Crippen molar-refractivity contribution in [3.63, 3.8) is 0 Å². The molecular formula is C22H35N3O4. The maximum absolute atomic E-state index is 12.7. The van der Waals surface area contributed by atoms with Crippen molar-refractivity contribution in [1.29, 1.82) is 0 Å². The molecule has 7 heteroatoms. The van der Waals surface area contributed by atoms with Crippen LogP contribution in [0.5, 0.6) is 5.75 Å². The van der Waals surface area contributed by atoms with Crippen LogP contribution in [0.1, 0.15) is 39.7 Å². The summed E-state index contributed by atoms with van der Waals surface area (Å²) in [6, 6.07) is 7.73. The zero-order valence-corrected chi connectivity index (χ0v) is 18.5. The van der Waals surface area contributed by atoms with Gasteiger partial charge in [-0.05, 0) is 52.6 Å². The predicted molar refractivity (Wildman–Crippen MR) is 113 cm³/mol. The number of ether oxygens (including phenoxy) is 2. The van der Waals surface area contributed by atoms with Gasteiger partial charge in [0, 0.05) is 31.7 Å². The van der Waals surface area contributed by atoms with E-state index < -0.39 is 11.7 Å². The SMILES string of the molecule is COc1ccccc1CN(C)C(=O)CN1CC[C@H]([C@@H](C)NC(=O)OC(C)(C)C)C1. The van der Waals surface area contributed by atoms with Gasteiger partial charge in [-0.25, -0.2) is 4.79 Å². The highest BCUT2D eigenvalue weighted by Crippen LogP contribution is 2.21. The summed E-state index contributed by atoms with van der Waals surface area (Å²) in [5.74, 6) is 1.16. The number of para-hydroxylation sites is 1. The Labute approximate surface area is 174 Å². The maximum atomic E-state index is 12.7. The molecule has 2 atom stereocenters. The van der Waals surface area contributed by atoms with Crippen LogP contribution in [0.4, 0.5) is 4.79 Å². The number of likely N-dealkylation sites (N-methyl/N-ethyl adjacent to an activating group) is 1. The van der Waals surface area contributed by atoms with E-state index in [-0.39, 0.29) is 11.9 Å². The first kappa shape index (κ1) is 23.0. The van der Waals surface area contributed by atoms with E-state index in [0.29, 0.717) is 19.0 Å². The Balaban J connectivity index is 1.81. The standard InChI is InChI=1S/C22H35N3O4/c1-16(23-21(27)29-22(2,3)4)17-11-12-25(14-17)15-20(26)24(5)13-18-9-7-8-10-19(18)28-6/h7-10,16-17H,11-15H2,1-6H3,(H,23,27)/t16-,17+/m1/s1. The van der Waals surface area contributed by atoms with E-state index in [2.05, 4.69) is 10.2 Å². The number of rotatable bonds is 7. The normalized spacial score (nSPS) is 18.2. The molecule has 0 bridgehead atoms. The van der Waals surface area contributed by atoms with E-state index in [1.807, 2.05) is 59.0 Å². The molecule has 7 nitrogen and oxygen atoms in total. The van der Waals surface area contributed by atoms with Gasteiger partial charge in [-0.1, -0.05) is 18.2 Å². The van der Waals surface area contributed by atoms with Crippen LogP contribution in [0.3, 0.4) is 0 Å². The average Bonchev–Trinajstić information content (AvgIpc) is 3.09. The number of carbonyl (C=O) groups excluding carboxylic acids is 2. The third-order valence-corrected chi connectivity index (χ3v) is 5.14. The van der Waals surface area contributed by atoms with Gasteiger partial charge < -0.3 is 19.7 Å². The Morgan fingerprint density at radius 2 is 2.00 bits per heavy atom. The zero-order valence-electron chi connectivity index (χ0n) is 18.5. The second-order valence-electron chi connectivity index (χ2n) is 8.78. The molecule has 1 aliphatic heterocycles. The van der Waals surface area contributed by atoms with Crippen molar-refractivity contribution in [3.8, 4) is 5.75 Å². The van der Waals surface area contributed by atoms with E-state index in [1.165, 1.54) is 0 Å².